The number of rotatable bonds is 6. The second-order valence-corrected chi connectivity index (χ2v) is 15.1. The first-order valence-electron chi connectivity index (χ1n) is 11.9. The van der Waals surface area contributed by atoms with Crippen molar-refractivity contribution in [2.45, 2.75) is 25.8 Å². The van der Waals surface area contributed by atoms with Gasteiger partial charge in [0, 0.05) is 12.1 Å². The molecule has 0 fully saturated rings. The van der Waals surface area contributed by atoms with E-state index >= 15 is 0 Å². The molecular weight excluding hydrogens is 500 g/mol. The molecule has 5 rings (SSSR count). The fourth-order valence-electron chi connectivity index (χ4n) is 4.78. The van der Waals surface area contributed by atoms with Gasteiger partial charge >= 0.3 is 14.3 Å². The largest absolute Gasteiger partial charge is 0.534 e. The Balaban J connectivity index is 1.66. The van der Waals surface area contributed by atoms with Gasteiger partial charge in [0.2, 0.25) is 0 Å². The number of hydrogen-bond donors (Lipinski definition) is 1. The molecular formula is C29H28N2O4SSi. The Labute approximate surface area is 220 Å². The zero-order valence-electron chi connectivity index (χ0n) is 21.1. The van der Waals surface area contributed by atoms with E-state index < -0.39 is 14.3 Å². The first kappa shape index (κ1) is 24.8. The van der Waals surface area contributed by atoms with Crippen LogP contribution in [0.4, 0.5) is 0 Å². The van der Waals surface area contributed by atoms with E-state index in [1.165, 1.54) is 17.5 Å². The summed E-state index contributed by atoms with van der Waals surface area (Å²) in [7, 11) is -1.51. The first-order valence-corrected chi connectivity index (χ1v) is 14.7. The Morgan fingerprint density at radius 1 is 0.946 bits per heavy atom. The summed E-state index contributed by atoms with van der Waals surface area (Å²) in [6, 6.07) is 28.4. The maximum absolute atomic E-state index is 12.0. The minimum absolute atomic E-state index is 0.117. The van der Waals surface area contributed by atoms with Gasteiger partial charge in [-0.15, -0.1) is 11.3 Å². The lowest BCUT2D eigenvalue weighted by Gasteiger charge is -2.43. The highest BCUT2D eigenvalue weighted by molar-refractivity contribution is 7.16. The van der Waals surface area contributed by atoms with Crippen LogP contribution in [0.1, 0.15) is 30.4 Å². The van der Waals surface area contributed by atoms with Crippen molar-refractivity contribution in [3.8, 4) is 16.5 Å². The van der Waals surface area contributed by atoms with Gasteiger partial charge in [-0.3, -0.25) is 4.57 Å². The number of nitrogens with zero attached hydrogens (tertiary/aromatic N) is 2. The Kier molecular flexibility index (Phi) is 6.39. The topological polar surface area (TPSA) is 73.6 Å². The summed E-state index contributed by atoms with van der Waals surface area (Å²) in [5, 5.41) is 13.2. The van der Waals surface area contributed by atoms with E-state index in [1.807, 2.05) is 34.9 Å². The lowest BCUT2D eigenvalue weighted by atomic mass is 10.2. The van der Waals surface area contributed by atoms with Crippen LogP contribution in [0, 0.1) is 0 Å². The molecule has 0 saturated heterocycles. The number of fused-ring (bicyclic) bond motifs is 1. The number of carbonyl (C=O) groups is 1. The molecule has 0 bridgehead atoms. The molecule has 0 aliphatic rings. The Morgan fingerprint density at radius 3 is 2.14 bits per heavy atom. The highest BCUT2D eigenvalue weighted by Crippen LogP contribution is 2.39. The summed E-state index contributed by atoms with van der Waals surface area (Å²) in [4.78, 5) is 16.7. The number of ether oxygens (including phenoxy) is 1. The number of aromatic nitrogens is 2. The van der Waals surface area contributed by atoms with Crippen LogP contribution < -0.4 is 14.8 Å². The van der Waals surface area contributed by atoms with Gasteiger partial charge in [-0.2, -0.15) is 0 Å². The van der Waals surface area contributed by atoms with Crippen LogP contribution in [0.2, 0.25) is 5.04 Å². The van der Waals surface area contributed by atoms with E-state index in [2.05, 4.69) is 74.3 Å². The summed E-state index contributed by atoms with van der Waals surface area (Å²) in [6.45, 7) is 6.72. The second-order valence-electron chi connectivity index (χ2n) is 9.82. The molecule has 0 aliphatic heterocycles. The van der Waals surface area contributed by atoms with Crippen molar-refractivity contribution in [2.75, 3.05) is 7.11 Å². The molecule has 188 valence electrons. The summed E-state index contributed by atoms with van der Waals surface area (Å²) in [5.41, 5.74) is 1.59. The van der Waals surface area contributed by atoms with Gasteiger partial charge in [-0.05, 0) is 27.5 Å². The van der Waals surface area contributed by atoms with Crippen LogP contribution in [-0.2, 0) is 4.74 Å². The fourth-order valence-corrected chi connectivity index (χ4v) is 10.1. The lowest BCUT2D eigenvalue weighted by Crippen LogP contribution is -2.68. The van der Waals surface area contributed by atoms with Crippen molar-refractivity contribution in [1.29, 1.82) is 0 Å². The molecule has 6 nitrogen and oxygen atoms in total. The molecule has 0 spiro atoms. The van der Waals surface area contributed by atoms with E-state index in [0.717, 1.165) is 28.1 Å². The highest BCUT2D eigenvalue weighted by Gasteiger charge is 2.52. The van der Waals surface area contributed by atoms with E-state index in [0.29, 0.717) is 5.00 Å². The molecule has 8 heteroatoms. The molecule has 3 aromatic carbocycles. The number of hydrogen-bond acceptors (Lipinski definition) is 6. The number of aromatic hydroxyl groups is 1. The fraction of sp³-hybridized carbons (Fsp3) is 0.172. The van der Waals surface area contributed by atoms with Crippen molar-refractivity contribution in [2.24, 2.45) is 0 Å². The molecule has 0 aliphatic carbocycles. The smallest absolute Gasteiger partial charge is 0.351 e. The number of imidazole rings is 1. The van der Waals surface area contributed by atoms with Gasteiger partial charge in [0.25, 0.3) is 0 Å². The zero-order chi connectivity index (χ0) is 26.2. The SMILES string of the molecule is COC(=O)c1sc(-n2cnc3ccc(O[Si](c4ccccc4)(c4ccccc4)C(C)(C)C)cc32)cc1O. The van der Waals surface area contributed by atoms with Crippen molar-refractivity contribution in [1.82, 2.24) is 9.55 Å². The first-order chi connectivity index (χ1) is 17.7. The molecule has 2 heterocycles. The third-order valence-electron chi connectivity index (χ3n) is 6.51. The summed E-state index contributed by atoms with van der Waals surface area (Å²) < 4.78 is 13.8. The Bertz CT molecular complexity index is 1520. The molecule has 1 N–H and O–H groups in total. The number of esters is 1. The Morgan fingerprint density at radius 2 is 1.57 bits per heavy atom. The molecule has 0 atom stereocenters. The zero-order valence-corrected chi connectivity index (χ0v) is 23.0. The number of benzene rings is 3. The quantitative estimate of drug-likeness (QED) is 0.232. The molecule has 0 saturated carbocycles. The van der Waals surface area contributed by atoms with E-state index in [1.54, 1.807) is 12.4 Å². The van der Waals surface area contributed by atoms with Gasteiger partial charge in [-0.1, -0.05) is 81.4 Å². The van der Waals surface area contributed by atoms with Crippen LogP contribution in [0.5, 0.6) is 11.5 Å². The number of carbonyl (C=O) groups excluding carboxylic acids is 1. The number of methoxy groups -OCH3 is 1. The minimum atomic E-state index is -2.81. The Hall–Kier alpha value is -3.88. The van der Waals surface area contributed by atoms with Crippen LogP contribution in [0.25, 0.3) is 16.0 Å². The maximum atomic E-state index is 12.0. The van der Waals surface area contributed by atoms with Gasteiger partial charge < -0.3 is 14.3 Å². The van der Waals surface area contributed by atoms with Crippen molar-refractivity contribution in [3.63, 3.8) is 0 Å². The normalized spacial score (nSPS) is 12.0. The predicted octanol–water partition coefficient (Wildman–Crippen LogP) is 5.52. The maximum Gasteiger partial charge on any atom is 0.351 e. The van der Waals surface area contributed by atoms with E-state index in [9.17, 15) is 9.90 Å². The summed E-state index contributed by atoms with van der Waals surface area (Å²) in [6.07, 6.45) is 1.68. The van der Waals surface area contributed by atoms with Crippen LogP contribution >= 0.6 is 11.3 Å². The third kappa shape index (κ3) is 4.32. The number of thiophene rings is 1. The van der Waals surface area contributed by atoms with Crippen molar-refractivity contribution in [3.05, 3.63) is 96.1 Å². The lowest BCUT2D eigenvalue weighted by molar-refractivity contribution is 0.0603. The average molecular weight is 529 g/mol. The van der Waals surface area contributed by atoms with Gasteiger partial charge in [-0.25, -0.2) is 9.78 Å². The minimum Gasteiger partial charge on any atom is -0.534 e. The molecule has 2 aromatic heterocycles. The molecule has 0 unspecified atom stereocenters. The van der Waals surface area contributed by atoms with E-state index in [-0.39, 0.29) is 15.7 Å². The average Bonchev–Trinajstić information content (AvgIpc) is 3.50. The van der Waals surface area contributed by atoms with E-state index in [4.69, 9.17) is 9.16 Å². The third-order valence-corrected chi connectivity index (χ3v) is 12.6. The monoisotopic (exact) mass is 528 g/mol. The van der Waals surface area contributed by atoms with Crippen LogP contribution in [-0.4, -0.2) is 36.1 Å². The van der Waals surface area contributed by atoms with Gasteiger partial charge in [0.15, 0.2) is 4.88 Å². The molecule has 5 aromatic rings. The molecule has 0 radical (unpaired) electrons. The van der Waals surface area contributed by atoms with Gasteiger partial charge in [0.1, 0.15) is 22.8 Å². The van der Waals surface area contributed by atoms with Crippen molar-refractivity contribution < 1.29 is 19.1 Å². The predicted molar refractivity (Wildman–Crippen MR) is 150 cm³/mol. The highest BCUT2D eigenvalue weighted by atomic mass is 32.1. The second kappa shape index (κ2) is 9.53. The van der Waals surface area contributed by atoms with Crippen molar-refractivity contribution >= 4 is 47.0 Å². The molecule has 37 heavy (non-hydrogen) atoms. The van der Waals surface area contributed by atoms with Crippen LogP contribution in [0.15, 0.2) is 91.3 Å². The van der Waals surface area contributed by atoms with Gasteiger partial charge in [0.05, 0.1) is 18.1 Å². The molecule has 0 amide bonds. The standard InChI is InChI=1S/C29H28N2O4SSi/c1-29(2,3)37(21-11-7-5-8-12-21,22-13-9-6-10-14-22)35-20-15-16-23-24(17-20)31(19-30-23)26-18-25(32)27(36-26)28(33)34-4/h5-19,32H,1-4H3. The summed E-state index contributed by atoms with van der Waals surface area (Å²) in [5.74, 6) is 0.0415. The van der Waals surface area contributed by atoms with Crippen LogP contribution in [0.3, 0.4) is 0 Å². The summed E-state index contributed by atoms with van der Waals surface area (Å²) >= 11 is 1.15.